The van der Waals surface area contributed by atoms with Gasteiger partial charge in [-0.25, -0.2) is 0 Å². The average Bonchev–Trinajstić information content (AvgIpc) is 2.72. The van der Waals surface area contributed by atoms with E-state index in [0.29, 0.717) is 12.0 Å². The van der Waals surface area contributed by atoms with E-state index >= 15 is 0 Å². The number of nitrogens with zero attached hydrogens (tertiary/aromatic N) is 1. The van der Waals surface area contributed by atoms with Gasteiger partial charge in [-0.15, -0.1) is 0 Å². The molecule has 4 heteroatoms. The molecule has 1 atom stereocenters. The highest BCUT2D eigenvalue weighted by Gasteiger charge is 2.14. The topological polar surface area (TPSA) is 65.9 Å². The van der Waals surface area contributed by atoms with E-state index in [1.165, 1.54) is 0 Å². The average molecular weight is 214 g/mol. The largest absolute Gasteiger partial charge is 0.460 e. The summed E-state index contributed by atoms with van der Waals surface area (Å²) in [6, 6.07) is 7.57. The Bertz CT molecular complexity index is 566. The fraction of sp³-hybridized carbons (Fsp3) is 0.167. The molecule has 80 valence electrons. The number of benzene rings is 1. The lowest BCUT2D eigenvalue weighted by Crippen LogP contribution is -1.97. The van der Waals surface area contributed by atoms with Crippen LogP contribution in [0.4, 0.5) is 0 Å². The predicted molar refractivity (Wildman–Crippen MR) is 58.6 cm³/mol. The van der Waals surface area contributed by atoms with Gasteiger partial charge in [-0.1, -0.05) is 6.07 Å². The number of hydrogen-bond donors (Lipinski definition) is 1. The summed E-state index contributed by atoms with van der Waals surface area (Å²) in [7, 11) is 0. The van der Waals surface area contributed by atoms with Crippen molar-refractivity contribution >= 4 is 17.4 Å². The molecule has 1 heterocycles. The van der Waals surface area contributed by atoms with Crippen molar-refractivity contribution in [1.82, 2.24) is 4.98 Å². The van der Waals surface area contributed by atoms with Gasteiger partial charge in [-0.05, 0) is 19.1 Å². The van der Waals surface area contributed by atoms with Crippen LogP contribution in [0.3, 0.4) is 0 Å². The van der Waals surface area contributed by atoms with Crippen LogP contribution in [0.5, 0.6) is 0 Å². The summed E-state index contributed by atoms with van der Waals surface area (Å²) in [6.45, 7) is 2.18. The minimum Gasteiger partial charge on any atom is -0.460 e. The number of hydrogen-bond acceptors (Lipinski definition) is 3. The third-order valence-electron chi connectivity index (χ3n) is 2.55. The minimum atomic E-state index is -0.360. The van der Waals surface area contributed by atoms with Gasteiger partial charge < -0.3 is 9.72 Å². The van der Waals surface area contributed by atoms with E-state index < -0.39 is 0 Å². The van der Waals surface area contributed by atoms with Crippen LogP contribution >= 0.6 is 0 Å². The SMILES string of the molecule is CC(OC=O)c1c[nH]c2cccc(C#N)c12. The van der Waals surface area contributed by atoms with Crippen molar-refractivity contribution in [1.29, 1.82) is 5.26 Å². The number of ether oxygens (including phenoxy) is 1. The lowest BCUT2D eigenvalue weighted by Gasteiger charge is -2.08. The molecule has 0 bridgehead atoms. The van der Waals surface area contributed by atoms with E-state index in [2.05, 4.69) is 11.1 Å². The molecule has 0 aliphatic rings. The van der Waals surface area contributed by atoms with E-state index in [1.54, 1.807) is 19.2 Å². The molecule has 16 heavy (non-hydrogen) atoms. The maximum atomic E-state index is 10.3. The minimum absolute atomic E-state index is 0.360. The van der Waals surface area contributed by atoms with Gasteiger partial charge in [-0.2, -0.15) is 5.26 Å². The summed E-state index contributed by atoms with van der Waals surface area (Å²) in [6.07, 6.45) is 1.40. The zero-order valence-corrected chi connectivity index (χ0v) is 8.73. The first-order valence-corrected chi connectivity index (χ1v) is 4.87. The molecule has 0 spiro atoms. The van der Waals surface area contributed by atoms with Gasteiger partial charge in [0.2, 0.25) is 0 Å². The molecule has 0 fully saturated rings. The van der Waals surface area contributed by atoms with E-state index in [-0.39, 0.29) is 6.10 Å². The van der Waals surface area contributed by atoms with Crippen molar-refractivity contribution < 1.29 is 9.53 Å². The smallest absolute Gasteiger partial charge is 0.293 e. The Morgan fingerprint density at radius 3 is 3.06 bits per heavy atom. The van der Waals surface area contributed by atoms with Crippen molar-refractivity contribution in [3.63, 3.8) is 0 Å². The summed E-state index contributed by atoms with van der Waals surface area (Å²) >= 11 is 0. The van der Waals surface area contributed by atoms with E-state index in [0.717, 1.165) is 16.5 Å². The summed E-state index contributed by atoms with van der Waals surface area (Å²) in [4.78, 5) is 13.4. The second-order valence-electron chi connectivity index (χ2n) is 3.46. The normalized spacial score (nSPS) is 12.0. The molecule has 2 aromatic rings. The van der Waals surface area contributed by atoms with Crippen molar-refractivity contribution in [2.45, 2.75) is 13.0 Å². The Morgan fingerprint density at radius 1 is 1.56 bits per heavy atom. The molecule has 1 N–H and O–H groups in total. The van der Waals surface area contributed by atoms with E-state index in [1.807, 2.05) is 12.1 Å². The fourth-order valence-electron chi connectivity index (χ4n) is 1.78. The van der Waals surface area contributed by atoms with Crippen LogP contribution in [0.15, 0.2) is 24.4 Å². The van der Waals surface area contributed by atoms with Gasteiger partial charge in [0.1, 0.15) is 6.10 Å². The van der Waals surface area contributed by atoms with E-state index in [9.17, 15) is 4.79 Å². The Balaban J connectivity index is 2.63. The Morgan fingerprint density at radius 2 is 2.38 bits per heavy atom. The Labute approximate surface area is 92.4 Å². The van der Waals surface area contributed by atoms with Crippen LogP contribution in [-0.2, 0) is 9.53 Å². The monoisotopic (exact) mass is 214 g/mol. The third-order valence-corrected chi connectivity index (χ3v) is 2.55. The third kappa shape index (κ3) is 1.52. The zero-order valence-electron chi connectivity index (χ0n) is 8.73. The van der Waals surface area contributed by atoms with Gasteiger partial charge in [-0.3, -0.25) is 4.79 Å². The lowest BCUT2D eigenvalue weighted by molar-refractivity contribution is -0.133. The molecule has 0 aliphatic heterocycles. The molecule has 1 unspecified atom stereocenters. The molecule has 0 aliphatic carbocycles. The van der Waals surface area contributed by atoms with Gasteiger partial charge in [0.25, 0.3) is 6.47 Å². The standard InChI is InChI=1S/C12H10N2O2/c1-8(16-7-15)10-6-14-11-4-2-3-9(5-13)12(10)11/h2-4,6-8,14H,1H3. The highest BCUT2D eigenvalue weighted by Crippen LogP contribution is 2.28. The van der Waals surface area contributed by atoms with Gasteiger partial charge in [0.05, 0.1) is 11.6 Å². The molecule has 2 rings (SSSR count). The second-order valence-corrected chi connectivity index (χ2v) is 3.46. The number of fused-ring (bicyclic) bond motifs is 1. The van der Waals surface area contributed by atoms with Gasteiger partial charge in [0.15, 0.2) is 0 Å². The molecular formula is C12H10N2O2. The molecule has 1 aromatic heterocycles. The number of nitriles is 1. The van der Waals surface area contributed by atoms with Gasteiger partial charge >= 0.3 is 0 Å². The van der Waals surface area contributed by atoms with Crippen LogP contribution in [-0.4, -0.2) is 11.5 Å². The number of nitrogens with one attached hydrogen (secondary N) is 1. The van der Waals surface area contributed by atoms with Crippen LogP contribution in [0.2, 0.25) is 0 Å². The van der Waals surface area contributed by atoms with E-state index in [4.69, 9.17) is 10.00 Å². The summed E-state index contributed by atoms with van der Waals surface area (Å²) in [5.41, 5.74) is 2.27. The Hall–Kier alpha value is -2.28. The number of carbonyl (C=O) groups excluding carboxylic acids is 1. The fourth-order valence-corrected chi connectivity index (χ4v) is 1.78. The lowest BCUT2D eigenvalue weighted by atomic mass is 10.0. The predicted octanol–water partition coefficient (Wildman–Crippen LogP) is 2.27. The van der Waals surface area contributed by atoms with Crippen molar-refractivity contribution in [2.24, 2.45) is 0 Å². The van der Waals surface area contributed by atoms with Crippen LogP contribution in [0.25, 0.3) is 10.9 Å². The van der Waals surface area contributed by atoms with Gasteiger partial charge in [0, 0.05) is 22.7 Å². The van der Waals surface area contributed by atoms with Crippen LogP contribution in [0.1, 0.15) is 24.2 Å². The number of carbonyl (C=O) groups is 1. The maximum absolute atomic E-state index is 10.3. The first kappa shape index (κ1) is 10.2. The van der Waals surface area contributed by atoms with Crippen molar-refractivity contribution in [3.8, 4) is 6.07 Å². The van der Waals surface area contributed by atoms with Crippen LogP contribution < -0.4 is 0 Å². The zero-order chi connectivity index (χ0) is 11.5. The maximum Gasteiger partial charge on any atom is 0.293 e. The molecule has 1 aromatic carbocycles. The summed E-state index contributed by atoms with van der Waals surface area (Å²) in [5, 5.41) is 9.83. The molecule has 0 saturated carbocycles. The molecular weight excluding hydrogens is 204 g/mol. The molecule has 0 amide bonds. The Kier molecular flexibility index (Phi) is 2.61. The highest BCUT2D eigenvalue weighted by atomic mass is 16.5. The number of aromatic nitrogens is 1. The summed E-state index contributed by atoms with van der Waals surface area (Å²) < 4.78 is 4.88. The first-order chi connectivity index (χ1) is 7.77. The number of H-pyrrole nitrogens is 1. The quantitative estimate of drug-likeness (QED) is 0.797. The molecule has 0 radical (unpaired) electrons. The van der Waals surface area contributed by atoms with Crippen molar-refractivity contribution in [3.05, 3.63) is 35.5 Å². The number of aromatic amines is 1. The van der Waals surface area contributed by atoms with Crippen LogP contribution in [0, 0.1) is 11.3 Å². The number of rotatable bonds is 3. The first-order valence-electron chi connectivity index (χ1n) is 4.87. The van der Waals surface area contributed by atoms with Crippen molar-refractivity contribution in [2.75, 3.05) is 0 Å². The summed E-state index contributed by atoms with van der Waals surface area (Å²) in [5.74, 6) is 0. The molecule has 4 nitrogen and oxygen atoms in total. The molecule has 0 saturated heterocycles. The second kappa shape index (κ2) is 4.07. The highest BCUT2D eigenvalue weighted by molar-refractivity contribution is 5.89.